The second-order valence-corrected chi connectivity index (χ2v) is 6.34. The van der Waals surface area contributed by atoms with Gasteiger partial charge in [0.2, 0.25) is 5.91 Å². The van der Waals surface area contributed by atoms with E-state index in [2.05, 4.69) is 10.2 Å². The quantitative estimate of drug-likeness (QED) is 0.806. The number of hydrogen-bond donors (Lipinski definition) is 1. The molecule has 2 aliphatic heterocycles. The van der Waals surface area contributed by atoms with E-state index in [1.807, 2.05) is 0 Å². The molecule has 0 aromatic heterocycles. The molecule has 0 aromatic carbocycles. The van der Waals surface area contributed by atoms with Crippen LogP contribution >= 0.6 is 0 Å². The van der Waals surface area contributed by atoms with Crippen LogP contribution in [0.25, 0.3) is 0 Å². The zero-order chi connectivity index (χ0) is 12.1. The molecule has 2 heterocycles. The first kappa shape index (κ1) is 11.2. The summed E-state index contributed by atoms with van der Waals surface area (Å²) in [6.07, 6.45) is 7.47. The van der Waals surface area contributed by atoms with E-state index in [0.717, 1.165) is 31.9 Å². The molecule has 0 spiro atoms. The number of carbonyl (C=O) groups excluding carboxylic acids is 1. The third-order valence-electron chi connectivity index (χ3n) is 4.84. The maximum atomic E-state index is 12.5. The van der Waals surface area contributed by atoms with Crippen molar-refractivity contribution in [3.63, 3.8) is 0 Å². The Morgan fingerprint density at radius 3 is 2.67 bits per heavy atom. The third kappa shape index (κ3) is 1.95. The van der Waals surface area contributed by atoms with Gasteiger partial charge in [-0.1, -0.05) is 0 Å². The average Bonchev–Trinajstić information content (AvgIpc) is 3.28. The van der Waals surface area contributed by atoms with Crippen molar-refractivity contribution in [3.05, 3.63) is 0 Å². The fraction of sp³-hybridized carbons (Fsp3) is 0.929. The van der Waals surface area contributed by atoms with Crippen molar-refractivity contribution in [3.8, 4) is 0 Å². The molecule has 3 atom stereocenters. The molecular formula is C14H22N2O2. The minimum Gasteiger partial charge on any atom is -0.376 e. The second-order valence-electron chi connectivity index (χ2n) is 6.34. The van der Waals surface area contributed by atoms with E-state index < -0.39 is 0 Å². The summed E-state index contributed by atoms with van der Waals surface area (Å²) in [6.45, 7) is 1.77. The number of ether oxygens (including phenoxy) is 1. The van der Waals surface area contributed by atoms with E-state index >= 15 is 0 Å². The fourth-order valence-corrected chi connectivity index (χ4v) is 3.53. The lowest BCUT2D eigenvalue weighted by atomic mass is 10.0. The molecule has 4 rings (SSSR count). The number of nitrogens with one attached hydrogen (secondary N) is 1. The van der Waals surface area contributed by atoms with Crippen LogP contribution in [0, 0.1) is 5.92 Å². The van der Waals surface area contributed by atoms with Crippen molar-refractivity contribution in [2.24, 2.45) is 5.92 Å². The Labute approximate surface area is 108 Å². The first-order valence-electron chi connectivity index (χ1n) is 7.51. The zero-order valence-electron chi connectivity index (χ0n) is 10.8. The normalized spacial score (nSPS) is 40.8. The summed E-state index contributed by atoms with van der Waals surface area (Å²) in [7, 11) is 0. The molecule has 0 radical (unpaired) electrons. The molecule has 4 heteroatoms. The van der Waals surface area contributed by atoms with E-state index in [0.29, 0.717) is 24.1 Å². The van der Waals surface area contributed by atoms with Crippen LogP contribution in [0.4, 0.5) is 0 Å². The fourth-order valence-electron chi connectivity index (χ4n) is 3.53. The van der Waals surface area contributed by atoms with Gasteiger partial charge in [0.25, 0.3) is 0 Å². The molecule has 1 N–H and O–H groups in total. The Kier molecular flexibility index (Phi) is 2.62. The Balaban J connectivity index is 1.42. The lowest BCUT2D eigenvalue weighted by Gasteiger charge is -2.28. The van der Waals surface area contributed by atoms with Crippen LogP contribution in [0.15, 0.2) is 0 Å². The monoisotopic (exact) mass is 250 g/mol. The van der Waals surface area contributed by atoms with Crippen molar-refractivity contribution in [2.45, 2.75) is 62.8 Å². The lowest BCUT2D eigenvalue weighted by Crippen LogP contribution is -2.46. The summed E-state index contributed by atoms with van der Waals surface area (Å²) < 4.78 is 5.86. The Morgan fingerprint density at radius 2 is 1.94 bits per heavy atom. The van der Waals surface area contributed by atoms with Crippen molar-refractivity contribution >= 4 is 5.91 Å². The van der Waals surface area contributed by atoms with Gasteiger partial charge in [-0.05, 0) is 44.4 Å². The van der Waals surface area contributed by atoms with Gasteiger partial charge in [0, 0.05) is 19.2 Å². The highest BCUT2D eigenvalue weighted by atomic mass is 16.5. The Morgan fingerprint density at radius 1 is 1.11 bits per heavy atom. The molecule has 0 aromatic rings. The molecular weight excluding hydrogens is 228 g/mol. The molecule has 2 saturated carbocycles. The minimum atomic E-state index is 0.0953. The SMILES string of the molecule is O=C1C(NC2CC2)CCN1C1CCOC1C1CC1. The molecule has 4 fully saturated rings. The predicted octanol–water partition coefficient (Wildman–Crippen LogP) is 0.907. The summed E-state index contributed by atoms with van der Waals surface area (Å²) in [5, 5.41) is 3.48. The summed E-state index contributed by atoms with van der Waals surface area (Å²) in [4.78, 5) is 14.6. The number of hydrogen-bond acceptors (Lipinski definition) is 3. The van der Waals surface area contributed by atoms with Gasteiger partial charge in [-0.25, -0.2) is 0 Å². The standard InChI is InChI=1S/C14H22N2O2/c17-14-11(15-10-3-4-10)5-7-16(14)12-6-8-18-13(12)9-1-2-9/h9-13,15H,1-8H2. The second kappa shape index (κ2) is 4.20. The predicted molar refractivity (Wildman–Crippen MR) is 67.1 cm³/mol. The van der Waals surface area contributed by atoms with Crippen molar-refractivity contribution in [2.75, 3.05) is 13.2 Å². The molecule has 2 saturated heterocycles. The highest BCUT2D eigenvalue weighted by Crippen LogP contribution is 2.41. The Bertz CT molecular complexity index is 352. The van der Waals surface area contributed by atoms with Crippen molar-refractivity contribution in [1.29, 1.82) is 0 Å². The van der Waals surface area contributed by atoms with Gasteiger partial charge < -0.3 is 15.0 Å². The van der Waals surface area contributed by atoms with Crippen LogP contribution in [0.5, 0.6) is 0 Å². The first-order chi connectivity index (χ1) is 8.83. The van der Waals surface area contributed by atoms with Gasteiger partial charge in [-0.3, -0.25) is 4.79 Å². The largest absolute Gasteiger partial charge is 0.376 e. The van der Waals surface area contributed by atoms with Gasteiger partial charge >= 0.3 is 0 Å². The van der Waals surface area contributed by atoms with Crippen molar-refractivity contribution in [1.82, 2.24) is 10.2 Å². The van der Waals surface area contributed by atoms with Crippen LogP contribution in [0.1, 0.15) is 38.5 Å². The number of nitrogens with zero attached hydrogens (tertiary/aromatic N) is 1. The van der Waals surface area contributed by atoms with Crippen LogP contribution in [0.3, 0.4) is 0 Å². The van der Waals surface area contributed by atoms with Crippen LogP contribution < -0.4 is 5.32 Å². The number of likely N-dealkylation sites (tertiary alicyclic amines) is 1. The van der Waals surface area contributed by atoms with Gasteiger partial charge in [-0.2, -0.15) is 0 Å². The smallest absolute Gasteiger partial charge is 0.240 e. The summed E-state index contributed by atoms with van der Waals surface area (Å²) in [5.74, 6) is 1.07. The third-order valence-corrected chi connectivity index (χ3v) is 4.84. The summed E-state index contributed by atoms with van der Waals surface area (Å²) in [5.41, 5.74) is 0. The van der Waals surface area contributed by atoms with Gasteiger partial charge in [-0.15, -0.1) is 0 Å². The van der Waals surface area contributed by atoms with Gasteiger partial charge in [0.05, 0.1) is 18.2 Å². The van der Waals surface area contributed by atoms with Crippen LogP contribution in [0.2, 0.25) is 0 Å². The highest BCUT2D eigenvalue weighted by Gasteiger charge is 2.47. The van der Waals surface area contributed by atoms with E-state index in [4.69, 9.17) is 4.74 Å². The number of carbonyl (C=O) groups is 1. The topological polar surface area (TPSA) is 41.6 Å². The molecule has 0 bridgehead atoms. The van der Waals surface area contributed by atoms with Crippen LogP contribution in [-0.2, 0) is 9.53 Å². The van der Waals surface area contributed by atoms with Crippen LogP contribution in [-0.4, -0.2) is 48.2 Å². The van der Waals surface area contributed by atoms with E-state index in [-0.39, 0.29) is 6.04 Å². The highest BCUT2D eigenvalue weighted by molar-refractivity contribution is 5.84. The molecule has 3 unspecified atom stereocenters. The number of amides is 1. The molecule has 4 aliphatic rings. The maximum Gasteiger partial charge on any atom is 0.240 e. The Hall–Kier alpha value is -0.610. The first-order valence-corrected chi connectivity index (χ1v) is 7.51. The minimum absolute atomic E-state index is 0.0953. The molecule has 1 amide bonds. The maximum absolute atomic E-state index is 12.5. The van der Waals surface area contributed by atoms with E-state index in [9.17, 15) is 4.79 Å². The zero-order valence-corrected chi connectivity index (χ0v) is 10.8. The molecule has 4 nitrogen and oxygen atoms in total. The summed E-state index contributed by atoms with van der Waals surface area (Å²) in [6, 6.07) is 1.09. The molecule has 2 aliphatic carbocycles. The summed E-state index contributed by atoms with van der Waals surface area (Å²) >= 11 is 0. The van der Waals surface area contributed by atoms with Gasteiger partial charge in [0.15, 0.2) is 0 Å². The average molecular weight is 250 g/mol. The van der Waals surface area contributed by atoms with E-state index in [1.54, 1.807) is 0 Å². The molecule has 100 valence electrons. The van der Waals surface area contributed by atoms with E-state index in [1.165, 1.54) is 25.7 Å². The van der Waals surface area contributed by atoms with Gasteiger partial charge in [0.1, 0.15) is 0 Å². The molecule has 18 heavy (non-hydrogen) atoms. The number of rotatable bonds is 4. The lowest BCUT2D eigenvalue weighted by molar-refractivity contribution is -0.132. The van der Waals surface area contributed by atoms with Crippen molar-refractivity contribution < 1.29 is 9.53 Å².